The molecule has 2 aromatic rings. The van der Waals surface area contributed by atoms with E-state index in [1.807, 2.05) is 18.5 Å². The molecule has 1 fully saturated rings. The lowest BCUT2D eigenvalue weighted by molar-refractivity contribution is 0.0762. The molecule has 1 N–H and O–H groups in total. The predicted molar refractivity (Wildman–Crippen MR) is 69.1 cm³/mol. The Balaban J connectivity index is 1.95. The number of thiophene rings is 1. The maximum atomic E-state index is 10.1. The van der Waals surface area contributed by atoms with E-state index < -0.39 is 0 Å². The van der Waals surface area contributed by atoms with Crippen molar-refractivity contribution in [2.75, 3.05) is 0 Å². The highest BCUT2D eigenvalue weighted by atomic mass is 32.1. The zero-order valence-electron chi connectivity index (χ0n) is 9.62. The van der Waals surface area contributed by atoms with Gasteiger partial charge in [-0.1, -0.05) is 18.9 Å². The minimum atomic E-state index is -0.225. The zero-order chi connectivity index (χ0) is 11.7. The summed E-state index contributed by atoms with van der Waals surface area (Å²) in [6, 6.07) is 4.32. The summed E-state index contributed by atoms with van der Waals surface area (Å²) in [5.41, 5.74) is 0. The molecule has 1 aliphatic carbocycles. The topological polar surface area (TPSA) is 38.0 Å². The Hall–Kier alpha value is -1.13. The molecule has 4 heteroatoms. The van der Waals surface area contributed by atoms with Crippen molar-refractivity contribution >= 4 is 11.3 Å². The molecule has 1 aliphatic rings. The summed E-state index contributed by atoms with van der Waals surface area (Å²) >= 11 is 1.70. The summed E-state index contributed by atoms with van der Waals surface area (Å²) < 4.78 is 2.15. The fraction of sp³-hybridized carbons (Fsp3) is 0.462. The van der Waals surface area contributed by atoms with Crippen molar-refractivity contribution in [2.24, 2.45) is 0 Å². The SMILES string of the molecule is O[C@H]1CCCC[C@@H]1n1ccnc1-c1cccs1. The van der Waals surface area contributed by atoms with Crippen molar-refractivity contribution in [3.05, 3.63) is 29.9 Å². The molecular weight excluding hydrogens is 232 g/mol. The second kappa shape index (κ2) is 4.63. The minimum Gasteiger partial charge on any atom is -0.391 e. The second-order valence-corrected chi connectivity index (χ2v) is 5.50. The molecule has 2 atom stereocenters. The number of aliphatic hydroxyl groups excluding tert-OH is 1. The standard InChI is InChI=1S/C13H16N2OS/c16-11-5-2-1-4-10(11)15-8-7-14-13(15)12-6-3-9-17-12/h3,6-11,16H,1-2,4-5H2/t10-,11-/m0/s1. The van der Waals surface area contributed by atoms with E-state index >= 15 is 0 Å². The zero-order valence-corrected chi connectivity index (χ0v) is 10.4. The second-order valence-electron chi connectivity index (χ2n) is 4.55. The largest absolute Gasteiger partial charge is 0.391 e. The van der Waals surface area contributed by atoms with Gasteiger partial charge in [-0.25, -0.2) is 4.98 Å². The molecule has 0 spiro atoms. The van der Waals surface area contributed by atoms with E-state index in [2.05, 4.69) is 21.0 Å². The first-order valence-electron chi connectivity index (χ1n) is 6.11. The van der Waals surface area contributed by atoms with Crippen LogP contribution in [0, 0.1) is 0 Å². The summed E-state index contributed by atoms with van der Waals surface area (Å²) in [5, 5.41) is 12.2. The van der Waals surface area contributed by atoms with Crippen molar-refractivity contribution < 1.29 is 5.11 Å². The number of hydrogen-bond donors (Lipinski definition) is 1. The molecule has 0 radical (unpaired) electrons. The normalized spacial score (nSPS) is 25.0. The third kappa shape index (κ3) is 2.03. The van der Waals surface area contributed by atoms with E-state index in [1.54, 1.807) is 11.3 Å². The van der Waals surface area contributed by atoms with Crippen LogP contribution in [-0.2, 0) is 0 Å². The van der Waals surface area contributed by atoms with Gasteiger partial charge in [0.1, 0.15) is 5.82 Å². The molecule has 90 valence electrons. The van der Waals surface area contributed by atoms with Crippen molar-refractivity contribution in [2.45, 2.75) is 37.8 Å². The Bertz CT molecular complexity index is 477. The first-order chi connectivity index (χ1) is 8.36. The van der Waals surface area contributed by atoms with Crippen LogP contribution in [0.2, 0.25) is 0 Å². The Morgan fingerprint density at radius 3 is 3.00 bits per heavy atom. The van der Waals surface area contributed by atoms with Crippen molar-refractivity contribution in [3.8, 4) is 10.7 Å². The lowest BCUT2D eigenvalue weighted by Gasteiger charge is -2.29. The van der Waals surface area contributed by atoms with Crippen LogP contribution in [-0.4, -0.2) is 20.8 Å². The Labute approximate surface area is 105 Å². The molecule has 0 unspecified atom stereocenters. The minimum absolute atomic E-state index is 0.198. The monoisotopic (exact) mass is 248 g/mol. The van der Waals surface area contributed by atoms with Crippen LogP contribution in [0.1, 0.15) is 31.7 Å². The van der Waals surface area contributed by atoms with E-state index in [0.717, 1.165) is 25.1 Å². The van der Waals surface area contributed by atoms with E-state index in [4.69, 9.17) is 0 Å². The molecule has 0 aromatic carbocycles. The Morgan fingerprint density at radius 1 is 1.35 bits per heavy atom. The number of aliphatic hydroxyl groups is 1. The number of hydrogen-bond acceptors (Lipinski definition) is 3. The van der Waals surface area contributed by atoms with Crippen LogP contribution in [0.3, 0.4) is 0 Å². The van der Waals surface area contributed by atoms with Gasteiger partial charge in [0, 0.05) is 12.4 Å². The number of aromatic nitrogens is 2. The quantitative estimate of drug-likeness (QED) is 0.887. The highest BCUT2D eigenvalue weighted by molar-refractivity contribution is 7.13. The van der Waals surface area contributed by atoms with Gasteiger partial charge >= 0.3 is 0 Å². The van der Waals surface area contributed by atoms with Gasteiger partial charge in [0.05, 0.1) is 17.0 Å². The Kier molecular flexibility index (Phi) is 2.99. The van der Waals surface area contributed by atoms with Gasteiger partial charge in [-0.3, -0.25) is 0 Å². The Morgan fingerprint density at radius 2 is 2.24 bits per heavy atom. The summed E-state index contributed by atoms with van der Waals surface area (Å²) in [7, 11) is 0. The molecule has 2 aromatic heterocycles. The van der Waals surface area contributed by atoms with Crippen LogP contribution in [0.4, 0.5) is 0 Å². The fourth-order valence-electron chi connectivity index (χ4n) is 2.59. The molecule has 17 heavy (non-hydrogen) atoms. The van der Waals surface area contributed by atoms with Crippen LogP contribution in [0.5, 0.6) is 0 Å². The third-order valence-corrected chi connectivity index (χ3v) is 4.33. The molecule has 1 saturated carbocycles. The predicted octanol–water partition coefficient (Wildman–Crippen LogP) is 3.09. The molecule has 2 heterocycles. The maximum absolute atomic E-state index is 10.1. The lowest BCUT2D eigenvalue weighted by atomic mass is 9.92. The number of nitrogens with zero attached hydrogens (tertiary/aromatic N) is 2. The average Bonchev–Trinajstić information content (AvgIpc) is 3.00. The number of rotatable bonds is 2. The highest BCUT2D eigenvalue weighted by Crippen LogP contribution is 2.33. The summed E-state index contributed by atoms with van der Waals surface area (Å²) in [5.74, 6) is 0.992. The van der Waals surface area contributed by atoms with E-state index in [1.165, 1.54) is 11.3 Å². The summed E-state index contributed by atoms with van der Waals surface area (Å²) in [6.45, 7) is 0. The summed E-state index contributed by atoms with van der Waals surface area (Å²) in [6.07, 6.45) is 7.90. The number of imidazole rings is 1. The van der Waals surface area contributed by atoms with Gasteiger partial charge in [0.2, 0.25) is 0 Å². The van der Waals surface area contributed by atoms with Crippen molar-refractivity contribution in [1.29, 1.82) is 0 Å². The van der Waals surface area contributed by atoms with Crippen LogP contribution >= 0.6 is 11.3 Å². The lowest BCUT2D eigenvalue weighted by Crippen LogP contribution is -2.27. The molecule has 3 rings (SSSR count). The van der Waals surface area contributed by atoms with E-state index in [0.29, 0.717) is 0 Å². The van der Waals surface area contributed by atoms with Gasteiger partial charge < -0.3 is 9.67 Å². The van der Waals surface area contributed by atoms with Gasteiger partial charge in [0.25, 0.3) is 0 Å². The molecular formula is C13H16N2OS. The highest BCUT2D eigenvalue weighted by Gasteiger charge is 2.26. The van der Waals surface area contributed by atoms with Gasteiger partial charge in [-0.2, -0.15) is 0 Å². The van der Waals surface area contributed by atoms with Crippen LogP contribution in [0.15, 0.2) is 29.9 Å². The average molecular weight is 248 g/mol. The van der Waals surface area contributed by atoms with Gasteiger partial charge in [-0.15, -0.1) is 11.3 Å². The summed E-state index contributed by atoms with van der Waals surface area (Å²) in [4.78, 5) is 5.60. The molecule has 0 aliphatic heterocycles. The van der Waals surface area contributed by atoms with E-state index in [9.17, 15) is 5.11 Å². The van der Waals surface area contributed by atoms with Gasteiger partial charge in [-0.05, 0) is 24.3 Å². The van der Waals surface area contributed by atoms with Crippen molar-refractivity contribution in [3.63, 3.8) is 0 Å². The van der Waals surface area contributed by atoms with Crippen LogP contribution in [0.25, 0.3) is 10.7 Å². The third-order valence-electron chi connectivity index (χ3n) is 3.46. The maximum Gasteiger partial charge on any atom is 0.150 e. The fourth-order valence-corrected chi connectivity index (χ4v) is 3.32. The molecule has 3 nitrogen and oxygen atoms in total. The van der Waals surface area contributed by atoms with E-state index in [-0.39, 0.29) is 12.1 Å². The molecule has 0 saturated heterocycles. The first-order valence-corrected chi connectivity index (χ1v) is 6.99. The first kappa shape index (κ1) is 11.0. The smallest absolute Gasteiger partial charge is 0.150 e. The molecule has 0 bridgehead atoms. The van der Waals surface area contributed by atoms with Gasteiger partial charge in [0.15, 0.2) is 0 Å². The molecule has 0 amide bonds. The van der Waals surface area contributed by atoms with Crippen molar-refractivity contribution in [1.82, 2.24) is 9.55 Å². The van der Waals surface area contributed by atoms with Crippen LogP contribution < -0.4 is 0 Å².